The zero-order valence-corrected chi connectivity index (χ0v) is 13.2. The van der Waals surface area contributed by atoms with Gasteiger partial charge in [-0.05, 0) is 43.2 Å². The van der Waals surface area contributed by atoms with Crippen LogP contribution in [0.15, 0.2) is 12.1 Å². The van der Waals surface area contributed by atoms with E-state index in [1.165, 1.54) is 0 Å². The number of hydrogen-bond donors (Lipinski definition) is 2. The minimum Gasteiger partial charge on any atom is -0.396 e. The number of aromatic nitrogens is 1. The Morgan fingerprint density at radius 1 is 1.43 bits per heavy atom. The third kappa shape index (κ3) is 4.42. The minimum absolute atomic E-state index is 0.111. The average Bonchev–Trinajstić information content (AvgIpc) is 2.92. The van der Waals surface area contributed by atoms with Gasteiger partial charge in [-0.3, -0.25) is 4.79 Å². The van der Waals surface area contributed by atoms with Crippen LogP contribution in [-0.2, 0) is 6.42 Å². The molecule has 0 saturated heterocycles. The Kier molecular flexibility index (Phi) is 6.00. The van der Waals surface area contributed by atoms with E-state index in [1.54, 1.807) is 6.07 Å². The molecule has 2 N–H and O–H groups in total. The maximum absolute atomic E-state index is 12.2. The van der Waals surface area contributed by atoms with Gasteiger partial charge in [0, 0.05) is 24.4 Å². The second-order valence-corrected chi connectivity index (χ2v) is 6.15. The Balaban J connectivity index is 1.96. The number of amides is 1. The van der Waals surface area contributed by atoms with E-state index < -0.39 is 0 Å². The summed E-state index contributed by atoms with van der Waals surface area (Å²) in [5, 5.41) is 12.6. The number of rotatable bonds is 6. The van der Waals surface area contributed by atoms with Crippen LogP contribution >= 0.6 is 11.6 Å². The summed E-state index contributed by atoms with van der Waals surface area (Å²) in [6, 6.07) is 3.41. The normalized spacial score (nSPS) is 21.5. The highest BCUT2D eigenvalue weighted by atomic mass is 35.5. The van der Waals surface area contributed by atoms with Crippen LogP contribution in [-0.4, -0.2) is 29.1 Å². The maximum atomic E-state index is 12.2. The van der Waals surface area contributed by atoms with Gasteiger partial charge in [0.05, 0.1) is 0 Å². The quantitative estimate of drug-likeness (QED) is 0.794. The Bertz CT molecular complexity index is 493. The molecule has 0 radical (unpaired) electrons. The SMILES string of the molecule is CCCc1cc(C(=O)NCC2CCCC2CO)cc(Cl)n1. The van der Waals surface area contributed by atoms with Crippen LogP contribution in [0.4, 0.5) is 0 Å². The van der Waals surface area contributed by atoms with Crippen LogP contribution in [0.25, 0.3) is 0 Å². The van der Waals surface area contributed by atoms with Gasteiger partial charge in [0.1, 0.15) is 5.15 Å². The summed E-state index contributed by atoms with van der Waals surface area (Å²) < 4.78 is 0. The number of aliphatic hydroxyl groups excluding tert-OH is 1. The average molecular weight is 311 g/mol. The van der Waals surface area contributed by atoms with E-state index in [1.807, 2.05) is 6.07 Å². The number of hydrogen-bond acceptors (Lipinski definition) is 3. The van der Waals surface area contributed by atoms with Crippen LogP contribution in [0.3, 0.4) is 0 Å². The molecule has 1 heterocycles. The molecule has 1 aliphatic carbocycles. The van der Waals surface area contributed by atoms with Gasteiger partial charge in [-0.25, -0.2) is 4.98 Å². The monoisotopic (exact) mass is 310 g/mol. The van der Waals surface area contributed by atoms with E-state index in [2.05, 4.69) is 17.2 Å². The number of halogens is 1. The van der Waals surface area contributed by atoms with Crippen molar-refractivity contribution < 1.29 is 9.90 Å². The van der Waals surface area contributed by atoms with E-state index in [9.17, 15) is 9.90 Å². The van der Waals surface area contributed by atoms with Crippen LogP contribution in [0.2, 0.25) is 5.15 Å². The van der Waals surface area contributed by atoms with Crippen molar-refractivity contribution in [3.63, 3.8) is 0 Å². The van der Waals surface area contributed by atoms with Crippen molar-refractivity contribution in [3.8, 4) is 0 Å². The molecule has 1 saturated carbocycles. The first-order valence-electron chi connectivity index (χ1n) is 7.69. The fraction of sp³-hybridized carbons (Fsp3) is 0.625. The number of aryl methyl sites for hydroxylation is 1. The Hall–Kier alpha value is -1.13. The van der Waals surface area contributed by atoms with Gasteiger partial charge in [0.2, 0.25) is 0 Å². The highest BCUT2D eigenvalue weighted by Crippen LogP contribution is 2.30. The lowest BCUT2D eigenvalue weighted by atomic mass is 9.97. The number of nitrogens with one attached hydrogen (secondary N) is 1. The van der Waals surface area contributed by atoms with Crippen molar-refractivity contribution in [1.82, 2.24) is 10.3 Å². The number of pyridine rings is 1. The summed E-state index contributed by atoms with van der Waals surface area (Å²) in [7, 11) is 0. The van der Waals surface area contributed by atoms with Gasteiger partial charge >= 0.3 is 0 Å². The first-order valence-corrected chi connectivity index (χ1v) is 8.07. The van der Waals surface area contributed by atoms with Crippen LogP contribution < -0.4 is 5.32 Å². The molecular formula is C16H23ClN2O2. The summed E-state index contributed by atoms with van der Waals surface area (Å²) in [6.45, 7) is 2.90. The maximum Gasteiger partial charge on any atom is 0.251 e. The lowest BCUT2D eigenvalue weighted by Crippen LogP contribution is -2.31. The first-order chi connectivity index (χ1) is 10.1. The molecule has 0 spiro atoms. The zero-order valence-electron chi connectivity index (χ0n) is 12.4. The standard InChI is InChI=1S/C16H23ClN2O2/c1-2-4-14-7-13(8-15(17)19-14)16(21)18-9-11-5-3-6-12(11)10-20/h7-8,11-12,20H,2-6,9-10H2,1H3,(H,18,21). The van der Waals surface area contributed by atoms with Crippen molar-refractivity contribution in [2.24, 2.45) is 11.8 Å². The number of aliphatic hydroxyl groups is 1. The van der Waals surface area contributed by atoms with Crippen molar-refractivity contribution >= 4 is 17.5 Å². The Morgan fingerprint density at radius 3 is 2.90 bits per heavy atom. The summed E-state index contributed by atoms with van der Waals surface area (Å²) in [5.41, 5.74) is 1.42. The zero-order chi connectivity index (χ0) is 15.2. The van der Waals surface area contributed by atoms with Crippen molar-refractivity contribution in [3.05, 3.63) is 28.5 Å². The molecule has 2 unspecified atom stereocenters. The number of nitrogens with zero attached hydrogens (tertiary/aromatic N) is 1. The third-order valence-corrected chi connectivity index (χ3v) is 4.38. The Morgan fingerprint density at radius 2 is 2.19 bits per heavy atom. The third-order valence-electron chi connectivity index (χ3n) is 4.19. The van der Waals surface area contributed by atoms with Gasteiger partial charge in [-0.1, -0.05) is 31.4 Å². The smallest absolute Gasteiger partial charge is 0.251 e. The van der Waals surface area contributed by atoms with Gasteiger partial charge in [0.15, 0.2) is 0 Å². The molecule has 1 aromatic heterocycles. The summed E-state index contributed by atoms with van der Waals surface area (Å²) >= 11 is 5.98. The number of carbonyl (C=O) groups excluding carboxylic acids is 1. The largest absolute Gasteiger partial charge is 0.396 e. The molecule has 1 amide bonds. The first kappa shape index (κ1) is 16.2. The molecule has 5 heteroatoms. The van der Waals surface area contributed by atoms with Crippen molar-refractivity contribution in [2.45, 2.75) is 39.0 Å². The molecule has 0 aromatic carbocycles. The fourth-order valence-electron chi connectivity index (χ4n) is 3.02. The van der Waals surface area contributed by atoms with Crippen LogP contribution in [0.5, 0.6) is 0 Å². The van der Waals surface area contributed by atoms with Gasteiger partial charge < -0.3 is 10.4 Å². The van der Waals surface area contributed by atoms with E-state index in [0.29, 0.717) is 29.1 Å². The summed E-state index contributed by atoms with van der Waals surface area (Å²) in [6.07, 6.45) is 5.04. The minimum atomic E-state index is -0.111. The highest BCUT2D eigenvalue weighted by molar-refractivity contribution is 6.29. The molecule has 0 aliphatic heterocycles. The molecule has 2 rings (SSSR count). The summed E-state index contributed by atoms with van der Waals surface area (Å²) in [5.74, 6) is 0.591. The molecule has 4 nitrogen and oxygen atoms in total. The predicted molar refractivity (Wildman–Crippen MR) is 83.5 cm³/mol. The van der Waals surface area contributed by atoms with Crippen LogP contribution in [0.1, 0.15) is 48.7 Å². The van der Waals surface area contributed by atoms with E-state index in [0.717, 1.165) is 37.8 Å². The van der Waals surface area contributed by atoms with Gasteiger partial charge in [0.25, 0.3) is 5.91 Å². The number of carbonyl (C=O) groups is 1. The topological polar surface area (TPSA) is 62.2 Å². The highest BCUT2D eigenvalue weighted by Gasteiger charge is 2.26. The lowest BCUT2D eigenvalue weighted by molar-refractivity contribution is 0.0937. The molecule has 1 aliphatic rings. The molecule has 1 aromatic rings. The molecule has 116 valence electrons. The molecule has 21 heavy (non-hydrogen) atoms. The van der Waals surface area contributed by atoms with E-state index in [4.69, 9.17) is 11.6 Å². The Labute approximate surface area is 130 Å². The molecule has 0 bridgehead atoms. The van der Waals surface area contributed by atoms with Crippen LogP contribution in [0, 0.1) is 11.8 Å². The molecule has 2 atom stereocenters. The van der Waals surface area contributed by atoms with Crippen molar-refractivity contribution in [2.75, 3.05) is 13.2 Å². The molecular weight excluding hydrogens is 288 g/mol. The van der Waals surface area contributed by atoms with Crippen molar-refractivity contribution in [1.29, 1.82) is 0 Å². The van der Waals surface area contributed by atoms with Gasteiger partial charge in [-0.2, -0.15) is 0 Å². The predicted octanol–water partition coefficient (Wildman–Crippen LogP) is 2.83. The van der Waals surface area contributed by atoms with E-state index >= 15 is 0 Å². The fourth-order valence-corrected chi connectivity index (χ4v) is 3.24. The second kappa shape index (κ2) is 7.76. The molecule has 1 fully saturated rings. The lowest BCUT2D eigenvalue weighted by Gasteiger charge is -2.17. The summed E-state index contributed by atoms with van der Waals surface area (Å²) in [4.78, 5) is 16.5. The van der Waals surface area contributed by atoms with Gasteiger partial charge in [-0.15, -0.1) is 0 Å². The van der Waals surface area contributed by atoms with E-state index in [-0.39, 0.29) is 12.5 Å². The second-order valence-electron chi connectivity index (χ2n) is 5.76.